The number of hydrogen-bond acceptors (Lipinski definition) is 8. The van der Waals surface area contributed by atoms with E-state index in [0.717, 1.165) is 17.5 Å². The van der Waals surface area contributed by atoms with Gasteiger partial charge < -0.3 is 29.8 Å². The number of nitrogens with zero attached hydrogens (tertiary/aromatic N) is 2. The van der Waals surface area contributed by atoms with Crippen molar-refractivity contribution in [1.82, 2.24) is 20.3 Å². The van der Waals surface area contributed by atoms with E-state index in [1.807, 2.05) is 0 Å². The zero-order chi connectivity index (χ0) is 26.0. The number of anilines is 2. The van der Waals surface area contributed by atoms with Crippen LogP contribution < -0.4 is 24.8 Å². The van der Waals surface area contributed by atoms with Crippen molar-refractivity contribution in [3.8, 4) is 11.5 Å². The summed E-state index contributed by atoms with van der Waals surface area (Å²) in [5.74, 6) is -0.544. The van der Waals surface area contributed by atoms with Crippen LogP contribution in [0.4, 0.5) is 24.5 Å². The van der Waals surface area contributed by atoms with Crippen LogP contribution in [-0.4, -0.2) is 39.7 Å². The second kappa shape index (κ2) is 9.89. The lowest BCUT2D eigenvalue weighted by Crippen LogP contribution is -2.26. The van der Waals surface area contributed by atoms with Crippen LogP contribution >= 0.6 is 11.9 Å². The van der Waals surface area contributed by atoms with Crippen LogP contribution in [0.1, 0.15) is 16.1 Å². The van der Waals surface area contributed by atoms with Gasteiger partial charge in [-0.1, -0.05) is 18.2 Å². The second-order valence-corrected chi connectivity index (χ2v) is 8.55. The van der Waals surface area contributed by atoms with Gasteiger partial charge >= 0.3 is 6.36 Å². The number of aromatic nitrogens is 3. The summed E-state index contributed by atoms with van der Waals surface area (Å²) in [6.45, 7) is 0.108. The summed E-state index contributed by atoms with van der Waals surface area (Å²) in [5, 5.41) is 5.48. The van der Waals surface area contributed by atoms with Crippen molar-refractivity contribution in [2.45, 2.75) is 17.8 Å². The minimum Gasteiger partial charge on any atom is -0.482 e. The highest BCUT2D eigenvalue weighted by molar-refractivity contribution is 8.00. The third-order valence-corrected chi connectivity index (χ3v) is 6.03. The van der Waals surface area contributed by atoms with Crippen molar-refractivity contribution < 1.29 is 32.2 Å². The number of para-hydroxylation sites is 1. The van der Waals surface area contributed by atoms with Crippen molar-refractivity contribution >= 4 is 46.2 Å². The molecule has 4 aromatic rings. The van der Waals surface area contributed by atoms with Gasteiger partial charge in [0.2, 0.25) is 0 Å². The summed E-state index contributed by atoms with van der Waals surface area (Å²) in [7, 11) is 0. The average molecular weight is 530 g/mol. The van der Waals surface area contributed by atoms with E-state index in [2.05, 4.69) is 35.0 Å². The number of ether oxygens (including phenoxy) is 2. The summed E-state index contributed by atoms with van der Waals surface area (Å²) >= 11 is 0.897. The Morgan fingerprint density at radius 2 is 2.03 bits per heavy atom. The van der Waals surface area contributed by atoms with E-state index in [9.17, 15) is 22.8 Å². The monoisotopic (exact) mass is 530 g/mol. The van der Waals surface area contributed by atoms with Crippen LogP contribution in [0.25, 0.3) is 11.0 Å². The molecule has 0 saturated heterocycles. The summed E-state index contributed by atoms with van der Waals surface area (Å²) < 4.78 is 50.4. The zero-order valence-electron chi connectivity index (χ0n) is 18.7. The first-order valence-corrected chi connectivity index (χ1v) is 11.5. The molecule has 0 fully saturated rings. The number of H-pyrrole nitrogens is 1. The molecule has 0 saturated carbocycles. The van der Waals surface area contributed by atoms with Crippen LogP contribution in [0, 0.1) is 0 Å². The van der Waals surface area contributed by atoms with Crippen molar-refractivity contribution in [3.05, 3.63) is 66.2 Å². The summed E-state index contributed by atoms with van der Waals surface area (Å²) in [6, 6.07) is 10.9. The first-order chi connectivity index (χ1) is 17.8. The number of nitrogens with one attached hydrogen (secondary N) is 4. The number of rotatable bonds is 7. The first kappa shape index (κ1) is 24.2. The largest absolute Gasteiger partial charge is 0.573 e. The first-order valence-electron chi connectivity index (χ1n) is 10.7. The number of amides is 2. The van der Waals surface area contributed by atoms with Gasteiger partial charge in [-0.3, -0.25) is 9.59 Å². The van der Waals surface area contributed by atoms with E-state index in [4.69, 9.17) is 4.74 Å². The zero-order valence-corrected chi connectivity index (χ0v) is 19.5. The molecule has 10 nitrogen and oxygen atoms in total. The number of halogens is 3. The molecule has 0 radical (unpaired) electrons. The number of fused-ring (bicyclic) bond motifs is 2. The van der Waals surface area contributed by atoms with E-state index in [1.54, 1.807) is 24.3 Å². The molecule has 0 unspecified atom stereocenters. The van der Waals surface area contributed by atoms with Gasteiger partial charge in [-0.2, -0.15) is 0 Å². The molecule has 190 valence electrons. The fourth-order valence-electron chi connectivity index (χ4n) is 3.55. The molecule has 2 aromatic heterocycles. The molecule has 2 aromatic carbocycles. The molecule has 0 bridgehead atoms. The fraction of sp³-hybridized carbons (Fsp3) is 0.130. The van der Waals surface area contributed by atoms with Gasteiger partial charge in [0.1, 0.15) is 23.3 Å². The lowest BCUT2D eigenvalue weighted by Gasteiger charge is -2.18. The fourth-order valence-corrected chi connectivity index (χ4v) is 4.28. The van der Waals surface area contributed by atoms with Gasteiger partial charge in [-0.15, -0.1) is 13.2 Å². The van der Waals surface area contributed by atoms with Crippen LogP contribution in [0.15, 0.2) is 59.9 Å². The van der Waals surface area contributed by atoms with Crippen molar-refractivity contribution in [2.24, 2.45) is 0 Å². The molecule has 14 heteroatoms. The average Bonchev–Trinajstić information content (AvgIpc) is 3.29. The maximum absolute atomic E-state index is 12.9. The number of carbonyl (C=O) groups excluding carboxylic acids is 2. The minimum absolute atomic E-state index is 0.0495. The van der Waals surface area contributed by atoms with E-state index in [-0.39, 0.29) is 35.4 Å². The van der Waals surface area contributed by atoms with Crippen LogP contribution in [0.2, 0.25) is 0 Å². The molecular formula is C23H17F3N6O4S. The maximum Gasteiger partial charge on any atom is 0.573 e. The Morgan fingerprint density at radius 3 is 2.86 bits per heavy atom. The molecule has 37 heavy (non-hydrogen) atoms. The van der Waals surface area contributed by atoms with Crippen molar-refractivity contribution in [3.63, 3.8) is 0 Å². The third kappa shape index (κ3) is 5.53. The number of hydrogen-bond donors (Lipinski definition) is 4. The van der Waals surface area contributed by atoms with Gasteiger partial charge in [0.05, 0.1) is 21.8 Å². The predicted octanol–water partition coefficient (Wildman–Crippen LogP) is 4.24. The molecule has 5 rings (SSSR count). The minimum atomic E-state index is -4.83. The second-order valence-electron chi connectivity index (χ2n) is 7.70. The van der Waals surface area contributed by atoms with E-state index in [1.165, 1.54) is 30.7 Å². The normalized spacial score (nSPS) is 12.9. The highest BCUT2D eigenvalue weighted by atomic mass is 32.2. The molecule has 1 aliphatic heterocycles. The van der Waals surface area contributed by atoms with Crippen LogP contribution in [0.3, 0.4) is 0 Å². The smallest absolute Gasteiger partial charge is 0.482 e. The van der Waals surface area contributed by atoms with Crippen LogP contribution in [-0.2, 0) is 11.3 Å². The van der Waals surface area contributed by atoms with Crippen molar-refractivity contribution in [2.75, 3.05) is 16.6 Å². The Labute approximate surface area is 211 Å². The third-order valence-electron chi connectivity index (χ3n) is 5.15. The lowest BCUT2D eigenvalue weighted by molar-refractivity contribution is -0.275. The molecule has 0 atom stereocenters. The topological polar surface area (TPSA) is 130 Å². The Hall–Kier alpha value is -4.46. The number of benzene rings is 2. The molecule has 4 N–H and O–H groups in total. The summed E-state index contributed by atoms with van der Waals surface area (Å²) in [6.07, 6.45) is -2.08. The van der Waals surface area contributed by atoms with Crippen LogP contribution in [0.5, 0.6) is 11.5 Å². The van der Waals surface area contributed by atoms with E-state index < -0.39 is 12.3 Å². The molecule has 1 aliphatic rings. The van der Waals surface area contributed by atoms with Gasteiger partial charge in [0.25, 0.3) is 11.8 Å². The summed E-state index contributed by atoms with van der Waals surface area (Å²) in [5.41, 5.74) is 2.48. The molecule has 0 aliphatic carbocycles. The van der Waals surface area contributed by atoms with Crippen molar-refractivity contribution in [1.29, 1.82) is 0 Å². The standard InChI is InChI=1S/C23H17F3N6O4S/c24-23(25,26)36-16-3-1-2-4-17(16)37-32-14-9-27-20-19(14)29-11-30-21(20)22(34)28-8-12-5-6-15-13(7-12)31-18(33)10-35-15/h1-7,9,11,27,32H,8,10H2,(H,28,34)(H,31,33). The number of alkyl halides is 3. The quantitative estimate of drug-likeness (QED) is 0.261. The van der Waals surface area contributed by atoms with E-state index in [0.29, 0.717) is 28.2 Å². The van der Waals surface area contributed by atoms with Gasteiger partial charge in [-0.05, 0) is 41.8 Å². The highest BCUT2D eigenvalue weighted by Crippen LogP contribution is 2.35. The molecule has 2 amide bonds. The van der Waals surface area contributed by atoms with E-state index >= 15 is 0 Å². The lowest BCUT2D eigenvalue weighted by atomic mass is 10.1. The Bertz CT molecular complexity index is 1490. The summed E-state index contributed by atoms with van der Waals surface area (Å²) in [4.78, 5) is 35.8. The predicted molar refractivity (Wildman–Crippen MR) is 128 cm³/mol. The van der Waals surface area contributed by atoms with Gasteiger partial charge in [0, 0.05) is 12.7 Å². The number of aromatic amines is 1. The Morgan fingerprint density at radius 1 is 1.19 bits per heavy atom. The SMILES string of the molecule is O=C1COc2ccc(CNC(=O)c3ncnc4c(NSc5ccccc5OC(F)(F)F)c[nH]c34)cc2N1. The maximum atomic E-state index is 12.9. The highest BCUT2D eigenvalue weighted by Gasteiger charge is 2.32. The van der Waals surface area contributed by atoms with Gasteiger partial charge in [-0.25, -0.2) is 9.97 Å². The molecular weight excluding hydrogens is 513 g/mol. The molecule has 3 heterocycles. The number of carbonyl (C=O) groups is 2. The Balaban J connectivity index is 1.28. The Kier molecular flexibility index (Phi) is 6.48. The van der Waals surface area contributed by atoms with Gasteiger partial charge in [0.15, 0.2) is 12.3 Å². The molecule has 0 spiro atoms.